The molecular formula is C17H13ClF3N3O5S. The van der Waals surface area contributed by atoms with E-state index in [1.165, 1.54) is 18.2 Å². The van der Waals surface area contributed by atoms with Crippen LogP contribution in [0.1, 0.15) is 0 Å². The molecule has 160 valence electrons. The molecule has 2 heterocycles. The van der Waals surface area contributed by atoms with E-state index >= 15 is 0 Å². The summed E-state index contributed by atoms with van der Waals surface area (Å²) in [5, 5.41) is 0.263. The van der Waals surface area contributed by atoms with Gasteiger partial charge in [0, 0.05) is 28.1 Å². The second-order valence-electron chi connectivity index (χ2n) is 5.81. The average molecular weight is 464 g/mol. The van der Waals surface area contributed by atoms with Crippen molar-refractivity contribution in [3.8, 4) is 11.6 Å². The van der Waals surface area contributed by atoms with E-state index in [1.807, 2.05) is 4.72 Å². The molecule has 13 heteroatoms. The number of alkyl halides is 2. The fourth-order valence-electron chi connectivity index (χ4n) is 2.54. The molecule has 0 atom stereocenters. The number of anilines is 1. The van der Waals surface area contributed by atoms with Crippen molar-refractivity contribution in [1.29, 1.82) is 0 Å². The molecule has 1 aromatic carbocycles. The van der Waals surface area contributed by atoms with Crippen LogP contribution < -0.4 is 19.8 Å². The normalized spacial score (nSPS) is 11.7. The summed E-state index contributed by atoms with van der Waals surface area (Å²) < 4.78 is 76.2. The molecule has 30 heavy (non-hydrogen) atoms. The van der Waals surface area contributed by atoms with Gasteiger partial charge in [-0.2, -0.15) is 4.98 Å². The van der Waals surface area contributed by atoms with Crippen molar-refractivity contribution >= 4 is 38.2 Å². The summed E-state index contributed by atoms with van der Waals surface area (Å²) in [6, 6.07) is 4.66. The van der Waals surface area contributed by atoms with Crippen molar-refractivity contribution in [1.82, 2.24) is 9.97 Å². The third-order valence-corrected chi connectivity index (χ3v) is 5.43. The van der Waals surface area contributed by atoms with Gasteiger partial charge in [-0.25, -0.2) is 21.6 Å². The Morgan fingerprint density at radius 3 is 2.67 bits per heavy atom. The number of H-pyrrole nitrogens is 1. The lowest BCUT2D eigenvalue weighted by molar-refractivity contribution is 0.0799. The van der Waals surface area contributed by atoms with Gasteiger partial charge in [0.25, 0.3) is 27.9 Å². The van der Waals surface area contributed by atoms with Crippen LogP contribution in [0.3, 0.4) is 0 Å². The molecule has 0 aliphatic heterocycles. The lowest BCUT2D eigenvalue weighted by Crippen LogP contribution is -2.18. The van der Waals surface area contributed by atoms with Crippen molar-refractivity contribution < 1.29 is 31.1 Å². The second-order valence-corrected chi connectivity index (χ2v) is 7.89. The Morgan fingerprint density at radius 1 is 1.27 bits per heavy atom. The average Bonchev–Trinajstić information content (AvgIpc) is 2.68. The summed E-state index contributed by atoms with van der Waals surface area (Å²) in [4.78, 5) is 17.5. The number of rotatable bonds is 7. The van der Waals surface area contributed by atoms with Crippen LogP contribution in [-0.2, 0) is 10.0 Å². The number of benzene rings is 1. The van der Waals surface area contributed by atoms with Crippen LogP contribution in [0.2, 0.25) is 5.02 Å². The molecule has 2 N–H and O–H groups in total. The van der Waals surface area contributed by atoms with Crippen LogP contribution in [0, 0.1) is 5.82 Å². The number of nitrogens with zero attached hydrogens (tertiary/aromatic N) is 1. The summed E-state index contributed by atoms with van der Waals surface area (Å²) >= 11 is 5.85. The smallest absolute Gasteiger partial charge is 0.272 e. The zero-order valence-electron chi connectivity index (χ0n) is 15.1. The number of ether oxygens (including phenoxy) is 2. The molecule has 0 fully saturated rings. The molecule has 0 radical (unpaired) electrons. The largest absolute Gasteiger partial charge is 0.482 e. The molecule has 2 aromatic heterocycles. The Labute approximate surface area is 172 Å². The summed E-state index contributed by atoms with van der Waals surface area (Å²) in [5.41, 5.74) is -0.571. The van der Waals surface area contributed by atoms with E-state index in [1.54, 1.807) is 0 Å². The fraction of sp³-hybridized carbons (Fsp3) is 0.176. The van der Waals surface area contributed by atoms with Gasteiger partial charge in [-0.3, -0.25) is 9.52 Å². The highest BCUT2D eigenvalue weighted by Gasteiger charge is 2.23. The topological polar surface area (TPSA) is 110 Å². The van der Waals surface area contributed by atoms with E-state index in [2.05, 4.69) is 9.97 Å². The molecule has 0 aliphatic carbocycles. The number of halogens is 4. The van der Waals surface area contributed by atoms with E-state index in [0.717, 1.165) is 13.3 Å². The maximum Gasteiger partial charge on any atom is 0.272 e. The minimum absolute atomic E-state index is 0.00661. The van der Waals surface area contributed by atoms with Gasteiger partial charge in [0.2, 0.25) is 0 Å². The van der Waals surface area contributed by atoms with Crippen LogP contribution in [0.15, 0.2) is 40.2 Å². The highest BCUT2D eigenvalue weighted by molar-refractivity contribution is 7.93. The number of methoxy groups -OCH3 is 1. The van der Waals surface area contributed by atoms with Crippen molar-refractivity contribution in [2.75, 3.05) is 18.4 Å². The van der Waals surface area contributed by atoms with Crippen molar-refractivity contribution in [2.45, 2.75) is 11.3 Å². The lowest BCUT2D eigenvalue weighted by Gasteiger charge is -2.14. The van der Waals surface area contributed by atoms with Crippen LogP contribution in [0.5, 0.6) is 11.6 Å². The fourth-order valence-corrected chi connectivity index (χ4v) is 3.90. The molecule has 0 saturated carbocycles. The van der Waals surface area contributed by atoms with E-state index in [-0.39, 0.29) is 20.7 Å². The van der Waals surface area contributed by atoms with Crippen molar-refractivity contribution in [3.63, 3.8) is 0 Å². The number of nitrogens with one attached hydrogen (secondary N) is 2. The zero-order valence-corrected chi connectivity index (χ0v) is 16.7. The van der Waals surface area contributed by atoms with Gasteiger partial charge in [0.15, 0.2) is 17.4 Å². The summed E-state index contributed by atoms with van der Waals surface area (Å²) in [6.45, 7) is -1.03. The minimum Gasteiger partial charge on any atom is -0.482 e. The lowest BCUT2D eigenvalue weighted by atomic mass is 10.2. The molecular weight excluding hydrogens is 451 g/mol. The quantitative estimate of drug-likeness (QED) is 0.557. The van der Waals surface area contributed by atoms with Gasteiger partial charge in [-0.1, -0.05) is 17.7 Å². The Hall–Kier alpha value is -2.99. The first-order chi connectivity index (χ1) is 14.1. The Kier molecular flexibility index (Phi) is 6.08. The molecule has 0 amide bonds. The number of aromatic amines is 1. The minimum atomic E-state index is -4.44. The maximum atomic E-state index is 14.4. The number of sulfonamides is 1. The number of aromatic nitrogens is 2. The van der Waals surface area contributed by atoms with Crippen molar-refractivity contribution in [3.05, 3.63) is 51.7 Å². The third-order valence-electron chi connectivity index (χ3n) is 3.81. The molecule has 0 aliphatic rings. The van der Waals surface area contributed by atoms with Gasteiger partial charge >= 0.3 is 0 Å². The summed E-state index contributed by atoms with van der Waals surface area (Å²) in [7, 11) is -3.32. The SMILES string of the molecule is COc1nc(NS(=O)(=O)c2c[nH]c(=O)c3cc(Cl)ccc23)c(F)cc1OCC(F)F. The molecule has 0 unspecified atom stereocenters. The van der Waals surface area contributed by atoms with Gasteiger partial charge in [-0.15, -0.1) is 0 Å². The highest BCUT2D eigenvalue weighted by atomic mass is 35.5. The number of pyridine rings is 2. The predicted molar refractivity (Wildman–Crippen MR) is 103 cm³/mol. The first-order valence-corrected chi connectivity index (χ1v) is 9.97. The number of hydrogen-bond acceptors (Lipinski definition) is 6. The van der Waals surface area contributed by atoms with E-state index < -0.39 is 51.9 Å². The number of hydrogen-bond donors (Lipinski definition) is 2. The van der Waals surface area contributed by atoms with E-state index in [0.29, 0.717) is 6.07 Å². The van der Waals surface area contributed by atoms with Crippen LogP contribution >= 0.6 is 11.6 Å². The molecule has 0 bridgehead atoms. The van der Waals surface area contributed by atoms with Crippen LogP contribution in [-0.4, -0.2) is 38.5 Å². The molecule has 3 aromatic rings. The standard InChI is InChI=1S/C17H13ClF3N3O5S/c1-28-17-12(29-7-14(20)21)5-11(19)15(23-17)24-30(26,27)13-6-22-16(25)10-4-8(18)2-3-9(10)13/h2-6,14H,7H2,1H3,(H,22,25)(H,23,24). The predicted octanol–water partition coefficient (Wildman–Crippen LogP) is 3.17. The van der Waals surface area contributed by atoms with E-state index in [4.69, 9.17) is 21.1 Å². The highest BCUT2D eigenvalue weighted by Crippen LogP contribution is 2.31. The molecule has 0 spiro atoms. The van der Waals surface area contributed by atoms with Gasteiger partial charge in [0.1, 0.15) is 11.5 Å². The Balaban J connectivity index is 2.03. The van der Waals surface area contributed by atoms with Gasteiger partial charge in [-0.05, 0) is 12.1 Å². The van der Waals surface area contributed by atoms with Gasteiger partial charge < -0.3 is 14.5 Å². The van der Waals surface area contributed by atoms with Crippen molar-refractivity contribution in [2.24, 2.45) is 0 Å². The molecule has 0 saturated heterocycles. The number of fused-ring (bicyclic) bond motifs is 1. The summed E-state index contributed by atoms with van der Waals surface area (Å²) in [5.74, 6) is -2.79. The Morgan fingerprint density at radius 2 is 2.00 bits per heavy atom. The zero-order chi connectivity index (χ0) is 22.1. The monoisotopic (exact) mass is 463 g/mol. The molecule has 8 nitrogen and oxygen atoms in total. The van der Waals surface area contributed by atoms with Crippen LogP contribution in [0.25, 0.3) is 10.8 Å². The third kappa shape index (κ3) is 4.44. The Bertz CT molecular complexity index is 1270. The van der Waals surface area contributed by atoms with Gasteiger partial charge in [0.05, 0.1) is 7.11 Å². The first-order valence-electron chi connectivity index (χ1n) is 8.11. The van der Waals surface area contributed by atoms with Crippen LogP contribution in [0.4, 0.5) is 19.0 Å². The first kappa shape index (κ1) is 21.7. The van der Waals surface area contributed by atoms with E-state index in [9.17, 15) is 26.4 Å². The molecule has 3 rings (SSSR count). The maximum absolute atomic E-state index is 14.4. The second kappa shape index (κ2) is 8.40. The summed E-state index contributed by atoms with van der Waals surface area (Å²) in [6.07, 6.45) is -1.88.